The number of rotatable bonds is 6. The quantitative estimate of drug-likeness (QED) is 0.506. The standard InChI is InChI=1S/C21H26N2O3.Pd/c1-21(2,3)23(26)14-17-10-7-11-18(12-17)20(25)22-19(15-24)13-16-8-5-4-6-9-16;/h4-11,14,19,24,26H,13,15H2,1-3H3,(H,22,25);/p-1/b17-14-;. The van der Waals surface area contributed by atoms with Crippen LogP contribution in [-0.2, 0) is 30.0 Å². The van der Waals surface area contributed by atoms with Crippen molar-refractivity contribution in [1.82, 2.24) is 5.06 Å². The normalized spacial score (nSPS) is 16.9. The topological polar surface area (TPSA) is 74.9 Å². The summed E-state index contributed by atoms with van der Waals surface area (Å²) in [6, 6.07) is 9.13. The number of hydroxylamine groups is 2. The Hall–Kier alpha value is -1.84. The van der Waals surface area contributed by atoms with Gasteiger partial charge in [0.25, 0.3) is 0 Å². The Labute approximate surface area is 171 Å². The van der Waals surface area contributed by atoms with E-state index < -0.39 is 17.5 Å². The molecule has 0 aromatic heterocycles. The van der Waals surface area contributed by atoms with E-state index in [-0.39, 0.29) is 6.61 Å². The van der Waals surface area contributed by atoms with Gasteiger partial charge >= 0.3 is 171 Å². The molecule has 0 spiro atoms. The molecule has 1 unspecified atom stereocenters. The number of carbonyl (C=O) groups is 1. The van der Waals surface area contributed by atoms with E-state index in [0.29, 0.717) is 21.5 Å². The molecule has 0 saturated heterocycles. The fraction of sp³-hybridized carbons (Fsp3) is 0.333. The molecule has 1 aromatic carbocycles. The first-order valence-corrected chi connectivity index (χ1v) is 9.48. The van der Waals surface area contributed by atoms with Gasteiger partial charge in [0, 0.05) is 0 Å². The number of nitrogens with zero attached hydrogens (tertiary/aromatic N) is 2. The minimum absolute atomic E-state index is 0.207. The van der Waals surface area contributed by atoms with Gasteiger partial charge in [-0.05, 0) is 0 Å². The van der Waals surface area contributed by atoms with E-state index in [1.54, 1.807) is 24.4 Å². The van der Waals surface area contributed by atoms with Crippen LogP contribution in [0, 0.1) is 0 Å². The third-order valence-electron chi connectivity index (χ3n) is 4.00. The first kappa shape index (κ1) is 21.5. The molecule has 1 atom stereocenters. The summed E-state index contributed by atoms with van der Waals surface area (Å²) in [6.07, 6.45) is 7.29. The zero-order valence-corrected chi connectivity index (χ0v) is 17.3. The van der Waals surface area contributed by atoms with Crippen molar-refractivity contribution in [2.75, 3.05) is 6.61 Å². The third-order valence-corrected chi connectivity index (χ3v) is 4.87. The number of allylic oxidation sites excluding steroid dienone is 4. The SMILES string of the molecule is CC(C)(C)N(O)/C=C1/C=CC=C(C(=O)[N-]C(CO)Cc2ccccc2)[C]1=[Pd]. The Morgan fingerprint density at radius 3 is 2.56 bits per heavy atom. The number of carbonyl (C=O) groups excluding carboxylic acids is 1. The van der Waals surface area contributed by atoms with Gasteiger partial charge in [-0.3, -0.25) is 0 Å². The molecular weight excluding hydrogens is 435 g/mol. The van der Waals surface area contributed by atoms with E-state index in [1.807, 2.05) is 51.1 Å². The van der Waals surface area contributed by atoms with Crippen molar-refractivity contribution in [2.45, 2.75) is 38.8 Å². The fourth-order valence-electron chi connectivity index (χ4n) is 2.39. The van der Waals surface area contributed by atoms with E-state index in [0.717, 1.165) is 10.6 Å². The number of benzene rings is 1. The van der Waals surface area contributed by atoms with Crippen LogP contribution in [0.2, 0.25) is 0 Å². The number of aliphatic hydroxyl groups is 1. The van der Waals surface area contributed by atoms with Gasteiger partial charge in [-0.25, -0.2) is 0 Å². The number of amides is 1. The molecule has 1 aliphatic carbocycles. The van der Waals surface area contributed by atoms with E-state index >= 15 is 0 Å². The molecule has 0 radical (unpaired) electrons. The predicted octanol–water partition coefficient (Wildman–Crippen LogP) is 3.08. The molecule has 0 saturated carbocycles. The van der Waals surface area contributed by atoms with Crippen LogP contribution in [0.25, 0.3) is 5.32 Å². The summed E-state index contributed by atoms with van der Waals surface area (Å²) in [5.41, 5.74) is 1.63. The molecule has 2 N–H and O–H groups in total. The molecule has 0 aliphatic heterocycles. The molecule has 27 heavy (non-hydrogen) atoms. The van der Waals surface area contributed by atoms with Crippen molar-refractivity contribution in [3.63, 3.8) is 0 Å². The van der Waals surface area contributed by atoms with Crippen molar-refractivity contribution >= 4 is 9.89 Å². The van der Waals surface area contributed by atoms with E-state index in [4.69, 9.17) is 0 Å². The first-order valence-electron chi connectivity index (χ1n) is 8.71. The van der Waals surface area contributed by atoms with Gasteiger partial charge in [0.2, 0.25) is 0 Å². The summed E-state index contributed by atoms with van der Waals surface area (Å²) in [5, 5.41) is 25.1. The molecule has 1 aliphatic rings. The van der Waals surface area contributed by atoms with Crippen LogP contribution in [-0.4, -0.2) is 43.5 Å². The molecule has 1 amide bonds. The van der Waals surface area contributed by atoms with Crippen molar-refractivity contribution in [3.05, 3.63) is 76.8 Å². The molecule has 6 heteroatoms. The maximum absolute atomic E-state index is 12.7. The Morgan fingerprint density at radius 2 is 1.96 bits per heavy atom. The summed E-state index contributed by atoms with van der Waals surface area (Å²) in [7, 11) is 0. The van der Waals surface area contributed by atoms with Crippen molar-refractivity contribution in [1.29, 1.82) is 0 Å². The summed E-state index contributed by atoms with van der Waals surface area (Å²) in [5.74, 6) is -0.400. The third kappa shape index (κ3) is 6.09. The predicted molar refractivity (Wildman–Crippen MR) is 103 cm³/mol. The monoisotopic (exact) mass is 459 g/mol. The van der Waals surface area contributed by atoms with Crippen LogP contribution in [0.15, 0.2) is 65.9 Å². The number of hydrogen-bond acceptors (Lipinski definition) is 4. The van der Waals surface area contributed by atoms with Crippen molar-refractivity contribution in [2.24, 2.45) is 0 Å². The Balaban J connectivity index is 2.09. The molecular formula is C21H25N2O3Pd-. The second-order valence-electron chi connectivity index (χ2n) is 7.28. The number of aliphatic hydroxyl groups excluding tert-OH is 1. The van der Waals surface area contributed by atoms with Gasteiger partial charge in [0.05, 0.1) is 0 Å². The summed E-state index contributed by atoms with van der Waals surface area (Å²) in [4.78, 5) is 12.7. The van der Waals surface area contributed by atoms with Crippen LogP contribution in [0.4, 0.5) is 0 Å². The van der Waals surface area contributed by atoms with Gasteiger partial charge in [-0.1, -0.05) is 0 Å². The van der Waals surface area contributed by atoms with E-state index in [2.05, 4.69) is 24.1 Å². The average molecular weight is 460 g/mol. The molecule has 5 nitrogen and oxygen atoms in total. The Kier molecular flexibility index (Phi) is 7.46. The van der Waals surface area contributed by atoms with Gasteiger partial charge in [0.15, 0.2) is 0 Å². The Bertz CT molecular complexity index is 776. The maximum atomic E-state index is 12.7. The van der Waals surface area contributed by atoms with Gasteiger partial charge < -0.3 is 0 Å². The van der Waals surface area contributed by atoms with Gasteiger partial charge in [-0.2, -0.15) is 0 Å². The van der Waals surface area contributed by atoms with Crippen LogP contribution < -0.4 is 0 Å². The van der Waals surface area contributed by atoms with Gasteiger partial charge in [-0.15, -0.1) is 0 Å². The molecule has 1 aromatic rings. The summed E-state index contributed by atoms with van der Waals surface area (Å²) < 4.78 is 0.592. The van der Waals surface area contributed by atoms with E-state index in [1.165, 1.54) is 0 Å². The first-order chi connectivity index (χ1) is 12.7. The van der Waals surface area contributed by atoms with Crippen LogP contribution in [0.1, 0.15) is 26.3 Å². The zero-order chi connectivity index (χ0) is 20.0. The summed E-state index contributed by atoms with van der Waals surface area (Å²) in [6.45, 7) is 5.42. The average Bonchev–Trinajstić information content (AvgIpc) is 2.62. The molecule has 0 bridgehead atoms. The molecule has 0 heterocycles. The van der Waals surface area contributed by atoms with Crippen LogP contribution >= 0.6 is 0 Å². The molecule has 0 fully saturated rings. The number of hydrogen-bond donors (Lipinski definition) is 2. The van der Waals surface area contributed by atoms with Crippen molar-refractivity contribution < 1.29 is 33.9 Å². The summed E-state index contributed by atoms with van der Waals surface area (Å²) >= 11 is 3.12. The Morgan fingerprint density at radius 1 is 1.30 bits per heavy atom. The minimum atomic E-state index is -0.507. The van der Waals surface area contributed by atoms with Gasteiger partial charge in [0.1, 0.15) is 0 Å². The second kappa shape index (κ2) is 9.39. The zero-order valence-electron chi connectivity index (χ0n) is 15.7. The van der Waals surface area contributed by atoms with E-state index in [9.17, 15) is 15.1 Å². The fourth-order valence-corrected chi connectivity index (χ4v) is 2.92. The molecule has 148 valence electrons. The van der Waals surface area contributed by atoms with Crippen LogP contribution in [0.5, 0.6) is 0 Å². The second-order valence-corrected chi connectivity index (χ2v) is 8.06. The van der Waals surface area contributed by atoms with Crippen molar-refractivity contribution in [3.8, 4) is 0 Å². The molecule has 2 rings (SSSR count). The van der Waals surface area contributed by atoms with Crippen LogP contribution in [0.3, 0.4) is 0 Å².